The number of halogens is 1. The van der Waals surface area contributed by atoms with Crippen LogP contribution >= 0.6 is 11.6 Å². The lowest BCUT2D eigenvalue weighted by Crippen LogP contribution is -2.33. The number of amides is 1. The predicted octanol–water partition coefficient (Wildman–Crippen LogP) is 4.02. The highest BCUT2D eigenvalue weighted by molar-refractivity contribution is 7.90. The number of nitrogens with one attached hydrogen (secondary N) is 2. The zero-order valence-electron chi connectivity index (χ0n) is 15.0. The Kier molecular flexibility index (Phi) is 6.81. The van der Waals surface area contributed by atoms with E-state index in [0.717, 1.165) is 5.56 Å². The Balaban J connectivity index is 1.97. The van der Waals surface area contributed by atoms with E-state index >= 15 is 0 Å². The number of hydrogen-bond acceptors (Lipinski definition) is 3. The van der Waals surface area contributed by atoms with Crippen molar-refractivity contribution in [1.29, 1.82) is 0 Å². The third kappa shape index (κ3) is 5.56. The Morgan fingerprint density at radius 2 is 1.58 bits per heavy atom. The highest BCUT2D eigenvalue weighted by Crippen LogP contribution is 2.19. The second-order valence-electron chi connectivity index (χ2n) is 6.43. The molecule has 2 rings (SSSR count). The maximum Gasteiger partial charge on any atom is 0.255 e. The SMILES string of the molecule is CC(CNS(=O)(=O)C(C)C)c1ccc(NC(=O)c2ccc(Cl)cc2)cc1. The molecule has 0 aliphatic heterocycles. The summed E-state index contributed by atoms with van der Waals surface area (Å²) in [6, 6.07) is 14.0. The first-order chi connectivity index (χ1) is 12.2. The van der Waals surface area contributed by atoms with E-state index in [-0.39, 0.29) is 11.8 Å². The van der Waals surface area contributed by atoms with Gasteiger partial charge in [-0.15, -0.1) is 0 Å². The van der Waals surface area contributed by atoms with Gasteiger partial charge in [0.2, 0.25) is 10.0 Å². The summed E-state index contributed by atoms with van der Waals surface area (Å²) in [5.41, 5.74) is 2.18. The van der Waals surface area contributed by atoms with Crippen molar-refractivity contribution in [1.82, 2.24) is 4.72 Å². The first-order valence-corrected chi connectivity index (χ1v) is 10.3. The fourth-order valence-electron chi connectivity index (χ4n) is 2.23. The quantitative estimate of drug-likeness (QED) is 0.744. The van der Waals surface area contributed by atoms with E-state index in [1.807, 2.05) is 19.1 Å². The lowest BCUT2D eigenvalue weighted by Gasteiger charge is -2.15. The molecule has 140 valence electrons. The van der Waals surface area contributed by atoms with Gasteiger partial charge in [0, 0.05) is 22.8 Å². The van der Waals surface area contributed by atoms with Gasteiger partial charge in [-0.05, 0) is 61.7 Å². The number of carbonyl (C=O) groups excluding carboxylic acids is 1. The van der Waals surface area contributed by atoms with Gasteiger partial charge in [0.1, 0.15) is 0 Å². The second kappa shape index (κ2) is 8.66. The number of hydrogen-bond donors (Lipinski definition) is 2. The average Bonchev–Trinajstić information content (AvgIpc) is 2.60. The van der Waals surface area contributed by atoms with Gasteiger partial charge in [-0.2, -0.15) is 0 Å². The summed E-state index contributed by atoms with van der Waals surface area (Å²) in [4.78, 5) is 12.2. The summed E-state index contributed by atoms with van der Waals surface area (Å²) in [6.45, 7) is 5.57. The van der Waals surface area contributed by atoms with Crippen LogP contribution in [0.5, 0.6) is 0 Å². The fraction of sp³-hybridized carbons (Fsp3) is 0.316. The highest BCUT2D eigenvalue weighted by atomic mass is 35.5. The molecular formula is C19H23ClN2O3S. The van der Waals surface area contributed by atoms with E-state index in [1.165, 1.54) is 0 Å². The Morgan fingerprint density at radius 1 is 1.00 bits per heavy atom. The third-order valence-corrected chi connectivity index (χ3v) is 6.12. The van der Waals surface area contributed by atoms with Gasteiger partial charge >= 0.3 is 0 Å². The highest BCUT2D eigenvalue weighted by Gasteiger charge is 2.17. The Morgan fingerprint density at radius 3 is 2.12 bits per heavy atom. The van der Waals surface area contributed by atoms with Crippen LogP contribution in [0.1, 0.15) is 42.6 Å². The fourth-order valence-corrected chi connectivity index (χ4v) is 3.17. The molecule has 0 saturated carbocycles. The molecule has 0 saturated heterocycles. The van der Waals surface area contributed by atoms with Crippen LogP contribution in [-0.2, 0) is 10.0 Å². The molecule has 2 aromatic carbocycles. The Bertz CT molecular complexity index is 847. The molecule has 26 heavy (non-hydrogen) atoms. The molecule has 1 amide bonds. The first kappa shape index (κ1) is 20.4. The lowest BCUT2D eigenvalue weighted by atomic mass is 10.0. The first-order valence-electron chi connectivity index (χ1n) is 8.34. The van der Waals surface area contributed by atoms with Crippen molar-refractivity contribution in [2.24, 2.45) is 0 Å². The van der Waals surface area contributed by atoms with Crippen LogP contribution in [0, 0.1) is 0 Å². The van der Waals surface area contributed by atoms with Crippen LogP contribution in [0.2, 0.25) is 5.02 Å². The minimum atomic E-state index is -3.28. The Hall–Kier alpha value is -1.89. The number of rotatable bonds is 7. The summed E-state index contributed by atoms with van der Waals surface area (Å²) >= 11 is 5.82. The van der Waals surface area contributed by atoms with Crippen LogP contribution in [0.3, 0.4) is 0 Å². The molecular weight excluding hydrogens is 372 g/mol. The number of carbonyl (C=O) groups is 1. The smallest absolute Gasteiger partial charge is 0.255 e. The van der Waals surface area contributed by atoms with Gasteiger partial charge in [0.25, 0.3) is 5.91 Å². The van der Waals surface area contributed by atoms with E-state index in [4.69, 9.17) is 11.6 Å². The number of benzene rings is 2. The van der Waals surface area contributed by atoms with Crippen molar-refractivity contribution >= 4 is 33.2 Å². The molecule has 1 unspecified atom stereocenters. The number of anilines is 1. The normalized spacial score (nSPS) is 12.8. The largest absolute Gasteiger partial charge is 0.322 e. The average molecular weight is 395 g/mol. The van der Waals surface area contributed by atoms with E-state index in [1.54, 1.807) is 50.2 Å². The standard InChI is InChI=1S/C19H23ClN2O3S/c1-13(2)26(24,25)21-12-14(3)15-6-10-18(11-7-15)22-19(23)16-4-8-17(20)9-5-16/h4-11,13-14,21H,12H2,1-3H3,(H,22,23). The molecule has 0 heterocycles. The summed E-state index contributed by atoms with van der Waals surface area (Å²) in [5.74, 6) is -0.197. The minimum Gasteiger partial charge on any atom is -0.322 e. The molecule has 2 N–H and O–H groups in total. The van der Waals surface area contributed by atoms with Crippen molar-refractivity contribution in [2.75, 3.05) is 11.9 Å². The monoisotopic (exact) mass is 394 g/mol. The van der Waals surface area contributed by atoms with E-state index in [0.29, 0.717) is 22.8 Å². The minimum absolute atomic E-state index is 0.0181. The van der Waals surface area contributed by atoms with Crippen LogP contribution in [0.15, 0.2) is 48.5 Å². The topological polar surface area (TPSA) is 75.3 Å². The van der Waals surface area contributed by atoms with E-state index < -0.39 is 15.3 Å². The van der Waals surface area contributed by atoms with Crippen LogP contribution in [0.25, 0.3) is 0 Å². The maximum atomic E-state index is 12.2. The van der Waals surface area contributed by atoms with Crippen molar-refractivity contribution in [3.05, 3.63) is 64.7 Å². The molecule has 5 nitrogen and oxygen atoms in total. The van der Waals surface area contributed by atoms with Gasteiger partial charge in [0.15, 0.2) is 0 Å². The molecule has 0 aliphatic carbocycles. The second-order valence-corrected chi connectivity index (χ2v) is 9.18. The lowest BCUT2D eigenvalue weighted by molar-refractivity contribution is 0.102. The van der Waals surface area contributed by atoms with Crippen LogP contribution in [-0.4, -0.2) is 26.1 Å². The summed E-state index contributed by atoms with van der Waals surface area (Å²) in [7, 11) is -3.28. The number of sulfonamides is 1. The van der Waals surface area contributed by atoms with Gasteiger partial charge in [-0.25, -0.2) is 13.1 Å². The molecule has 0 aromatic heterocycles. The molecule has 1 atom stereocenters. The van der Waals surface area contributed by atoms with Gasteiger partial charge in [-0.1, -0.05) is 30.7 Å². The van der Waals surface area contributed by atoms with E-state index in [2.05, 4.69) is 10.0 Å². The van der Waals surface area contributed by atoms with Crippen LogP contribution in [0.4, 0.5) is 5.69 Å². The van der Waals surface area contributed by atoms with Gasteiger partial charge in [0.05, 0.1) is 5.25 Å². The molecule has 0 aliphatic rings. The van der Waals surface area contributed by atoms with Crippen LogP contribution < -0.4 is 10.0 Å². The van der Waals surface area contributed by atoms with E-state index in [9.17, 15) is 13.2 Å². The van der Waals surface area contributed by atoms with Gasteiger partial charge in [-0.3, -0.25) is 4.79 Å². The summed E-state index contributed by atoms with van der Waals surface area (Å²) < 4.78 is 26.3. The molecule has 2 aromatic rings. The van der Waals surface area contributed by atoms with Crippen molar-refractivity contribution in [3.8, 4) is 0 Å². The maximum absolute atomic E-state index is 12.2. The Labute approximate surface area is 159 Å². The molecule has 0 fully saturated rings. The molecule has 7 heteroatoms. The summed E-state index contributed by atoms with van der Waals surface area (Å²) in [5, 5.41) is 2.94. The van der Waals surface area contributed by atoms with Crippen molar-refractivity contribution in [3.63, 3.8) is 0 Å². The van der Waals surface area contributed by atoms with Crippen molar-refractivity contribution in [2.45, 2.75) is 31.9 Å². The van der Waals surface area contributed by atoms with Crippen molar-refractivity contribution < 1.29 is 13.2 Å². The molecule has 0 spiro atoms. The zero-order chi connectivity index (χ0) is 19.3. The molecule has 0 bridgehead atoms. The predicted molar refractivity (Wildman–Crippen MR) is 106 cm³/mol. The molecule has 0 radical (unpaired) electrons. The zero-order valence-corrected chi connectivity index (χ0v) is 16.6. The summed E-state index contributed by atoms with van der Waals surface area (Å²) in [6.07, 6.45) is 0. The third-order valence-electron chi connectivity index (χ3n) is 4.06. The van der Waals surface area contributed by atoms with Gasteiger partial charge < -0.3 is 5.32 Å².